The van der Waals surface area contributed by atoms with Gasteiger partial charge in [0.15, 0.2) is 20.4 Å². The normalized spacial score (nSPS) is 27.9. The number of hydrogen-bond donors (Lipinski definition) is 0. The van der Waals surface area contributed by atoms with Crippen molar-refractivity contribution in [1.29, 1.82) is 0 Å². The lowest BCUT2D eigenvalue weighted by molar-refractivity contribution is -0.310. The van der Waals surface area contributed by atoms with E-state index in [1.807, 2.05) is 44.2 Å². The van der Waals surface area contributed by atoms with E-state index in [-0.39, 0.29) is 35.7 Å². The lowest BCUT2D eigenvalue weighted by Gasteiger charge is -2.44. The first kappa shape index (κ1) is 29.3. The molecule has 7 heteroatoms. The summed E-state index contributed by atoms with van der Waals surface area (Å²) in [6, 6.07) is 7.87. The van der Waals surface area contributed by atoms with Crippen LogP contribution in [0.1, 0.15) is 78.6 Å². The standard InChI is InChI=1S/C29H48O6Si/c1-10-11-24(35-36(8,9)28(2,3)4)19-26-20-25(33-29(5,6)34-26)18-23-16-17-31-27(32-23)21-12-14-22(30-7)15-13-21/h10,12-15,23-27H,1,11,16-20H2,2-9H3/t23-,24-,25+,26-,27-/m0/s1. The Morgan fingerprint density at radius 2 is 1.78 bits per heavy atom. The Morgan fingerprint density at radius 1 is 1.11 bits per heavy atom. The molecule has 2 aliphatic heterocycles. The average molecular weight is 521 g/mol. The smallest absolute Gasteiger partial charge is 0.192 e. The van der Waals surface area contributed by atoms with Gasteiger partial charge in [-0.25, -0.2) is 0 Å². The molecule has 2 saturated heterocycles. The van der Waals surface area contributed by atoms with Crippen LogP contribution < -0.4 is 4.74 Å². The van der Waals surface area contributed by atoms with Crippen LogP contribution in [0.3, 0.4) is 0 Å². The number of hydrogen-bond acceptors (Lipinski definition) is 6. The Bertz CT molecular complexity index is 831. The molecule has 1 aromatic rings. The fourth-order valence-electron chi connectivity index (χ4n) is 4.76. The van der Waals surface area contributed by atoms with Crippen molar-refractivity contribution in [1.82, 2.24) is 0 Å². The molecule has 2 fully saturated rings. The number of methoxy groups -OCH3 is 1. The zero-order valence-corrected chi connectivity index (χ0v) is 24.7. The number of rotatable bonds is 10. The van der Waals surface area contributed by atoms with Gasteiger partial charge in [0.2, 0.25) is 0 Å². The third-order valence-corrected chi connectivity index (χ3v) is 12.1. The minimum Gasteiger partial charge on any atom is -0.497 e. The van der Waals surface area contributed by atoms with Crippen molar-refractivity contribution < 1.29 is 28.1 Å². The Balaban J connectivity index is 1.62. The topological polar surface area (TPSA) is 55.4 Å². The molecule has 6 nitrogen and oxygen atoms in total. The SMILES string of the molecule is C=CC[C@@H](C[C@H]1C[C@@H](C[C@@H]2CCO[C@H](c3ccc(OC)cc3)O2)OC(C)(C)O1)O[Si](C)(C)C(C)(C)C. The Morgan fingerprint density at radius 3 is 2.39 bits per heavy atom. The predicted molar refractivity (Wildman–Crippen MR) is 146 cm³/mol. The van der Waals surface area contributed by atoms with E-state index in [1.165, 1.54) is 0 Å². The van der Waals surface area contributed by atoms with Gasteiger partial charge in [0.25, 0.3) is 0 Å². The minimum absolute atomic E-state index is 0.0515. The van der Waals surface area contributed by atoms with Gasteiger partial charge in [0, 0.05) is 18.4 Å². The second-order valence-electron chi connectivity index (χ2n) is 12.1. The molecule has 0 aliphatic carbocycles. The highest BCUT2D eigenvalue weighted by Crippen LogP contribution is 2.40. The van der Waals surface area contributed by atoms with Gasteiger partial charge < -0.3 is 28.1 Å². The van der Waals surface area contributed by atoms with Crippen LogP contribution in [0.15, 0.2) is 36.9 Å². The molecule has 2 heterocycles. The summed E-state index contributed by atoms with van der Waals surface area (Å²) in [5, 5.41) is 0.158. The second-order valence-corrected chi connectivity index (χ2v) is 16.9. The Hall–Kier alpha value is -1.22. The molecule has 0 unspecified atom stereocenters. The quantitative estimate of drug-likeness (QED) is 0.241. The maximum atomic E-state index is 6.78. The first-order valence-corrected chi connectivity index (χ1v) is 16.3. The van der Waals surface area contributed by atoms with Crippen molar-refractivity contribution >= 4 is 8.32 Å². The van der Waals surface area contributed by atoms with Gasteiger partial charge in [-0.1, -0.05) is 39.0 Å². The highest BCUT2D eigenvalue weighted by Gasteiger charge is 2.42. The number of benzene rings is 1. The molecular weight excluding hydrogens is 472 g/mol. The van der Waals surface area contributed by atoms with Crippen LogP contribution >= 0.6 is 0 Å². The highest BCUT2D eigenvalue weighted by atomic mass is 28.4. The summed E-state index contributed by atoms with van der Waals surface area (Å²) in [6.45, 7) is 20.1. The lowest BCUT2D eigenvalue weighted by atomic mass is 9.96. The Kier molecular flexibility index (Phi) is 9.85. The molecule has 2 aliphatic rings. The third-order valence-electron chi connectivity index (χ3n) is 7.59. The molecule has 0 radical (unpaired) electrons. The van der Waals surface area contributed by atoms with Crippen molar-refractivity contribution in [3.05, 3.63) is 42.5 Å². The first-order chi connectivity index (χ1) is 16.8. The lowest BCUT2D eigenvalue weighted by Crippen LogP contribution is -2.49. The summed E-state index contributed by atoms with van der Waals surface area (Å²) in [7, 11) is -0.233. The molecule has 0 bridgehead atoms. The highest BCUT2D eigenvalue weighted by molar-refractivity contribution is 6.74. The van der Waals surface area contributed by atoms with Gasteiger partial charge in [0.05, 0.1) is 38.1 Å². The van der Waals surface area contributed by atoms with Crippen molar-refractivity contribution in [2.24, 2.45) is 0 Å². The molecular formula is C29H48O6Si. The van der Waals surface area contributed by atoms with Gasteiger partial charge in [-0.15, -0.1) is 6.58 Å². The van der Waals surface area contributed by atoms with Gasteiger partial charge in [-0.2, -0.15) is 0 Å². The van der Waals surface area contributed by atoms with Gasteiger partial charge in [0.1, 0.15) is 5.75 Å². The molecule has 0 N–H and O–H groups in total. The van der Waals surface area contributed by atoms with E-state index >= 15 is 0 Å². The second kappa shape index (κ2) is 12.1. The van der Waals surface area contributed by atoms with E-state index in [1.54, 1.807) is 7.11 Å². The maximum absolute atomic E-state index is 6.78. The average Bonchev–Trinajstić information content (AvgIpc) is 2.77. The van der Waals surface area contributed by atoms with Crippen LogP contribution in [-0.2, 0) is 23.4 Å². The molecule has 0 spiro atoms. The zero-order valence-electron chi connectivity index (χ0n) is 23.7. The summed E-state index contributed by atoms with van der Waals surface area (Å²) in [5.74, 6) is 0.173. The fraction of sp³-hybridized carbons (Fsp3) is 0.724. The molecule has 0 saturated carbocycles. The van der Waals surface area contributed by atoms with Crippen LogP contribution in [0.4, 0.5) is 0 Å². The molecule has 36 heavy (non-hydrogen) atoms. The van der Waals surface area contributed by atoms with Gasteiger partial charge in [-0.3, -0.25) is 0 Å². The monoisotopic (exact) mass is 520 g/mol. The van der Waals surface area contributed by atoms with Crippen LogP contribution in [0.5, 0.6) is 5.75 Å². The van der Waals surface area contributed by atoms with Crippen LogP contribution in [0.25, 0.3) is 0 Å². The summed E-state index contributed by atoms with van der Waals surface area (Å²) >= 11 is 0. The summed E-state index contributed by atoms with van der Waals surface area (Å²) < 4.78 is 37.1. The van der Waals surface area contributed by atoms with Crippen LogP contribution in [0.2, 0.25) is 18.1 Å². The van der Waals surface area contributed by atoms with Crippen molar-refractivity contribution in [3.8, 4) is 5.75 Å². The summed E-state index contributed by atoms with van der Waals surface area (Å²) in [6.07, 6.45) is 6.03. The molecule has 1 aromatic carbocycles. The van der Waals surface area contributed by atoms with E-state index in [0.717, 1.165) is 43.4 Å². The molecule has 3 rings (SSSR count). The van der Waals surface area contributed by atoms with E-state index in [2.05, 4.69) is 40.4 Å². The van der Waals surface area contributed by atoms with Crippen molar-refractivity contribution in [3.63, 3.8) is 0 Å². The Labute approximate surface area is 219 Å². The summed E-state index contributed by atoms with van der Waals surface area (Å²) in [4.78, 5) is 0. The molecule has 204 valence electrons. The maximum Gasteiger partial charge on any atom is 0.192 e. The van der Waals surface area contributed by atoms with Crippen molar-refractivity contribution in [2.45, 2.75) is 121 Å². The van der Waals surface area contributed by atoms with E-state index in [4.69, 9.17) is 28.1 Å². The molecule has 0 aromatic heterocycles. The van der Waals surface area contributed by atoms with Gasteiger partial charge >= 0.3 is 0 Å². The zero-order chi connectivity index (χ0) is 26.6. The van der Waals surface area contributed by atoms with Gasteiger partial charge in [-0.05, 0) is 63.4 Å². The van der Waals surface area contributed by atoms with E-state index in [9.17, 15) is 0 Å². The number of ether oxygens (including phenoxy) is 5. The van der Waals surface area contributed by atoms with E-state index in [0.29, 0.717) is 6.61 Å². The van der Waals surface area contributed by atoms with Crippen LogP contribution in [-0.4, -0.2) is 52.2 Å². The minimum atomic E-state index is -1.90. The fourth-order valence-corrected chi connectivity index (χ4v) is 6.14. The third kappa shape index (κ3) is 8.14. The van der Waals surface area contributed by atoms with Crippen LogP contribution in [0, 0.1) is 0 Å². The first-order valence-electron chi connectivity index (χ1n) is 13.4. The summed E-state index contributed by atoms with van der Waals surface area (Å²) in [5.41, 5.74) is 1.00. The molecule has 5 atom stereocenters. The largest absolute Gasteiger partial charge is 0.497 e. The van der Waals surface area contributed by atoms with Crippen molar-refractivity contribution in [2.75, 3.05) is 13.7 Å². The predicted octanol–water partition coefficient (Wildman–Crippen LogP) is 7.16. The molecule has 0 amide bonds. The van der Waals surface area contributed by atoms with E-state index < -0.39 is 14.1 Å².